The molecule has 0 aliphatic carbocycles. The number of hydrogen-bond acceptors (Lipinski definition) is 3. The van der Waals surface area contributed by atoms with Gasteiger partial charge in [0.2, 0.25) is 0 Å². The second-order valence-corrected chi connectivity index (χ2v) is 6.95. The minimum Gasteiger partial charge on any atom is -0.367 e. The molecule has 0 aromatic carbocycles. The first kappa shape index (κ1) is 14.3. The van der Waals surface area contributed by atoms with Crippen LogP contribution in [0.2, 0.25) is 0 Å². The SMILES string of the molecule is CC1CC(C)N(c2cnccc2CNC(C)(C)C)C1. The smallest absolute Gasteiger partial charge is 0.0600 e. The van der Waals surface area contributed by atoms with Crippen LogP contribution >= 0.6 is 0 Å². The molecule has 1 N–H and O–H groups in total. The van der Waals surface area contributed by atoms with Crippen molar-refractivity contribution < 1.29 is 0 Å². The Morgan fingerprint density at radius 1 is 1.37 bits per heavy atom. The van der Waals surface area contributed by atoms with Crippen molar-refractivity contribution in [2.24, 2.45) is 5.92 Å². The van der Waals surface area contributed by atoms with Gasteiger partial charge in [0.05, 0.1) is 11.9 Å². The molecule has 19 heavy (non-hydrogen) atoms. The van der Waals surface area contributed by atoms with Crippen molar-refractivity contribution in [1.82, 2.24) is 10.3 Å². The average molecular weight is 261 g/mol. The quantitative estimate of drug-likeness (QED) is 0.905. The van der Waals surface area contributed by atoms with Crippen LogP contribution in [0.3, 0.4) is 0 Å². The van der Waals surface area contributed by atoms with Gasteiger partial charge in [0, 0.05) is 30.9 Å². The Bertz CT molecular complexity index is 422. The van der Waals surface area contributed by atoms with Crippen LogP contribution in [0.1, 0.15) is 46.6 Å². The number of hydrogen-bond donors (Lipinski definition) is 1. The standard InChI is InChI=1S/C16H27N3/c1-12-8-13(2)19(11-12)15-10-17-7-6-14(15)9-18-16(3,4)5/h6-7,10,12-13,18H,8-9,11H2,1-5H3. The van der Waals surface area contributed by atoms with Gasteiger partial charge in [0.1, 0.15) is 0 Å². The summed E-state index contributed by atoms with van der Waals surface area (Å²) in [7, 11) is 0. The van der Waals surface area contributed by atoms with Crippen molar-refractivity contribution in [1.29, 1.82) is 0 Å². The Kier molecular flexibility index (Phi) is 4.14. The van der Waals surface area contributed by atoms with E-state index in [0.29, 0.717) is 6.04 Å². The van der Waals surface area contributed by atoms with Crippen LogP contribution in [0.15, 0.2) is 18.5 Å². The third-order valence-corrected chi connectivity index (χ3v) is 3.79. The topological polar surface area (TPSA) is 28.2 Å². The predicted molar refractivity (Wildman–Crippen MR) is 81.4 cm³/mol. The first-order valence-electron chi connectivity index (χ1n) is 7.31. The van der Waals surface area contributed by atoms with Gasteiger partial charge in [-0.15, -0.1) is 0 Å². The molecule has 0 radical (unpaired) electrons. The molecule has 1 fully saturated rings. The highest BCUT2D eigenvalue weighted by atomic mass is 15.2. The van der Waals surface area contributed by atoms with E-state index in [0.717, 1.165) is 19.0 Å². The molecule has 2 rings (SSSR count). The maximum atomic E-state index is 4.32. The molecule has 106 valence electrons. The van der Waals surface area contributed by atoms with Crippen molar-refractivity contribution in [2.75, 3.05) is 11.4 Å². The lowest BCUT2D eigenvalue weighted by Crippen LogP contribution is -2.36. The van der Waals surface area contributed by atoms with Gasteiger partial charge in [-0.25, -0.2) is 0 Å². The van der Waals surface area contributed by atoms with Crippen LogP contribution in [-0.4, -0.2) is 23.1 Å². The number of pyridine rings is 1. The molecule has 2 atom stereocenters. The van der Waals surface area contributed by atoms with Gasteiger partial charge < -0.3 is 10.2 Å². The molecule has 2 heterocycles. The van der Waals surface area contributed by atoms with Crippen molar-refractivity contribution in [3.8, 4) is 0 Å². The zero-order valence-corrected chi connectivity index (χ0v) is 12.9. The minimum absolute atomic E-state index is 0.143. The molecule has 0 bridgehead atoms. The molecule has 1 aromatic heterocycles. The fourth-order valence-corrected chi connectivity index (χ4v) is 2.82. The van der Waals surface area contributed by atoms with E-state index in [-0.39, 0.29) is 5.54 Å². The summed E-state index contributed by atoms with van der Waals surface area (Å²) in [5.74, 6) is 0.777. The first-order valence-corrected chi connectivity index (χ1v) is 7.31. The lowest BCUT2D eigenvalue weighted by molar-refractivity contribution is 0.424. The summed E-state index contributed by atoms with van der Waals surface area (Å²) in [6.07, 6.45) is 5.20. The number of rotatable bonds is 3. The largest absolute Gasteiger partial charge is 0.367 e. The van der Waals surface area contributed by atoms with Gasteiger partial charge >= 0.3 is 0 Å². The maximum Gasteiger partial charge on any atom is 0.0600 e. The van der Waals surface area contributed by atoms with E-state index >= 15 is 0 Å². The highest BCUT2D eigenvalue weighted by Crippen LogP contribution is 2.30. The number of nitrogens with one attached hydrogen (secondary N) is 1. The van der Waals surface area contributed by atoms with Crippen molar-refractivity contribution in [3.63, 3.8) is 0 Å². The number of aromatic nitrogens is 1. The second kappa shape index (κ2) is 5.49. The van der Waals surface area contributed by atoms with Gasteiger partial charge in [-0.3, -0.25) is 4.98 Å². The van der Waals surface area contributed by atoms with E-state index in [4.69, 9.17) is 0 Å². The van der Waals surface area contributed by atoms with E-state index in [1.54, 1.807) is 0 Å². The Morgan fingerprint density at radius 2 is 2.11 bits per heavy atom. The minimum atomic E-state index is 0.143. The molecule has 1 aliphatic heterocycles. The summed E-state index contributed by atoms with van der Waals surface area (Å²) in [6, 6.07) is 2.76. The summed E-state index contributed by atoms with van der Waals surface area (Å²) >= 11 is 0. The van der Waals surface area contributed by atoms with Crippen molar-refractivity contribution in [2.45, 2.75) is 59.2 Å². The van der Waals surface area contributed by atoms with E-state index in [1.165, 1.54) is 17.7 Å². The Morgan fingerprint density at radius 3 is 2.68 bits per heavy atom. The van der Waals surface area contributed by atoms with Crippen LogP contribution in [0, 0.1) is 5.92 Å². The van der Waals surface area contributed by atoms with Gasteiger partial charge in [0.25, 0.3) is 0 Å². The van der Waals surface area contributed by atoms with E-state index < -0.39 is 0 Å². The summed E-state index contributed by atoms with van der Waals surface area (Å²) in [5.41, 5.74) is 2.80. The van der Waals surface area contributed by atoms with Crippen LogP contribution in [0.25, 0.3) is 0 Å². The molecule has 0 amide bonds. The molecule has 0 spiro atoms. The van der Waals surface area contributed by atoms with Crippen molar-refractivity contribution >= 4 is 5.69 Å². The molecule has 2 unspecified atom stereocenters. The maximum absolute atomic E-state index is 4.32. The average Bonchev–Trinajstić information content (AvgIpc) is 2.65. The van der Waals surface area contributed by atoms with Gasteiger partial charge in [-0.2, -0.15) is 0 Å². The summed E-state index contributed by atoms with van der Waals surface area (Å²) in [6.45, 7) is 13.3. The molecule has 3 nitrogen and oxygen atoms in total. The lowest BCUT2D eigenvalue weighted by Gasteiger charge is -2.28. The van der Waals surface area contributed by atoms with Crippen LogP contribution in [0.5, 0.6) is 0 Å². The fraction of sp³-hybridized carbons (Fsp3) is 0.688. The highest BCUT2D eigenvalue weighted by Gasteiger charge is 2.27. The fourth-order valence-electron chi connectivity index (χ4n) is 2.82. The Labute approximate surface area is 117 Å². The third-order valence-electron chi connectivity index (χ3n) is 3.79. The van der Waals surface area contributed by atoms with Crippen LogP contribution < -0.4 is 10.2 Å². The zero-order chi connectivity index (χ0) is 14.0. The molecule has 3 heteroatoms. The molecule has 1 aromatic rings. The van der Waals surface area contributed by atoms with Gasteiger partial charge in [0.15, 0.2) is 0 Å². The van der Waals surface area contributed by atoms with E-state index in [2.05, 4.69) is 55.9 Å². The highest BCUT2D eigenvalue weighted by molar-refractivity contribution is 5.53. The summed E-state index contributed by atoms with van der Waals surface area (Å²) < 4.78 is 0. The number of nitrogens with zero attached hydrogens (tertiary/aromatic N) is 2. The monoisotopic (exact) mass is 261 g/mol. The van der Waals surface area contributed by atoms with Crippen LogP contribution in [-0.2, 0) is 6.54 Å². The van der Waals surface area contributed by atoms with E-state index in [9.17, 15) is 0 Å². The van der Waals surface area contributed by atoms with Gasteiger partial charge in [-0.05, 0) is 51.7 Å². The molecule has 1 aliphatic rings. The van der Waals surface area contributed by atoms with Crippen LogP contribution in [0.4, 0.5) is 5.69 Å². The summed E-state index contributed by atoms with van der Waals surface area (Å²) in [4.78, 5) is 6.84. The first-order chi connectivity index (χ1) is 8.87. The molecule has 1 saturated heterocycles. The van der Waals surface area contributed by atoms with Gasteiger partial charge in [-0.1, -0.05) is 6.92 Å². The third kappa shape index (κ3) is 3.69. The molecule has 0 saturated carbocycles. The van der Waals surface area contributed by atoms with E-state index in [1.807, 2.05) is 12.4 Å². The summed E-state index contributed by atoms with van der Waals surface area (Å²) in [5, 5.41) is 3.57. The number of anilines is 1. The molecular weight excluding hydrogens is 234 g/mol. The predicted octanol–water partition coefficient (Wildman–Crippen LogP) is 3.20. The lowest BCUT2D eigenvalue weighted by atomic mass is 10.1. The zero-order valence-electron chi connectivity index (χ0n) is 12.9. The normalized spacial score (nSPS) is 23.9. The Balaban J connectivity index is 2.17. The second-order valence-electron chi connectivity index (χ2n) is 6.95. The van der Waals surface area contributed by atoms with Crippen molar-refractivity contribution in [3.05, 3.63) is 24.0 Å². The Hall–Kier alpha value is -1.09. The molecular formula is C16H27N3.